The van der Waals surface area contributed by atoms with Crippen LogP contribution in [0.25, 0.3) is 22.4 Å². The number of benzene rings is 1. The fourth-order valence-corrected chi connectivity index (χ4v) is 4.96. The molecule has 0 spiro atoms. The Morgan fingerprint density at radius 2 is 1.95 bits per heavy atom. The number of pyridine rings is 1. The van der Waals surface area contributed by atoms with E-state index in [-0.39, 0.29) is 23.7 Å². The van der Waals surface area contributed by atoms with Crippen molar-refractivity contribution in [2.75, 3.05) is 13.2 Å². The molecule has 8 nitrogen and oxygen atoms in total. The predicted octanol–water partition coefficient (Wildman–Crippen LogP) is 4.97. The summed E-state index contributed by atoms with van der Waals surface area (Å²) in [6.45, 7) is 12.9. The summed E-state index contributed by atoms with van der Waals surface area (Å²) in [5.41, 5.74) is 4.50. The van der Waals surface area contributed by atoms with Crippen LogP contribution in [0.3, 0.4) is 0 Å². The van der Waals surface area contributed by atoms with E-state index in [1.54, 1.807) is 6.20 Å². The average molecular weight is 523 g/mol. The summed E-state index contributed by atoms with van der Waals surface area (Å²) in [4.78, 5) is 32.6. The van der Waals surface area contributed by atoms with E-state index < -0.39 is 0 Å². The SMILES string of the molecule is Cc1cc(-c2nc3cc(CN[C@@H](CCC(C)C)C(=O)OC(C)C)ccc3n2CC2CCOCC2)c[nH]c1=O. The van der Waals surface area contributed by atoms with Crippen LogP contribution in [0.15, 0.2) is 35.3 Å². The molecule has 0 radical (unpaired) electrons. The number of aryl methyl sites for hydroxylation is 1. The molecule has 3 heterocycles. The molecule has 0 unspecified atom stereocenters. The van der Waals surface area contributed by atoms with E-state index in [9.17, 15) is 9.59 Å². The number of esters is 1. The smallest absolute Gasteiger partial charge is 0.323 e. The molecule has 2 N–H and O–H groups in total. The molecule has 8 heteroatoms. The third kappa shape index (κ3) is 7.11. The standard InChI is InChI=1S/C30H42N4O4/c1-19(2)6-8-25(30(36)38-20(3)4)31-16-23-7-9-27-26(15-23)33-28(24-14-21(5)29(35)32-17-24)34(27)18-22-10-12-37-13-11-22/h7,9,14-15,17,19-20,22,25,31H,6,8,10-13,16,18H2,1-5H3,(H,32,35)/t25-/m0/s1. The van der Waals surface area contributed by atoms with Crippen LogP contribution in [0, 0.1) is 18.8 Å². The zero-order valence-electron chi connectivity index (χ0n) is 23.4. The zero-order valence-corrected chi connectivity index (χ0v) is 23.4. The number of carbonyl (C=O) groups excluding carboxylic acids is 1. The second-order valence-electron chi connectivity index (χ2n) is 11.2. The highest BCUT2D eigenvalue weighted by Gasteiger charge is 2.22. The lowest BCUT2D eigenvalue weighted by Gasteiger charge is -2.23. The van der Waals surface area contributed by atoms with Crippen LogP contribution >= 0.6 is 0 Å². The Hall–Kier alpha value is -2.97. The molecular formula is C30H42N4O4. The van der Waals surface area contributed by atoms with Gasteiger partial charge in [0.15, 0.2) is 0 Å². The summed E-state index contributed by atoms with van der Waals surface area (Å²) >= 11 is 0. The normalized spacial score (nSPS) is 15.4. The Labute approximate surface area is 225 Å². The molecule has 4 rings (SSSR count). The first-order valence-electron chi connectivity index (χ1n) is 13.9. The molecule has 38 heavy (non-hydrogen) atoms. The van der Waals surface area contributed by atoms with Gasteiger partial charge in [-0.2, -0.15) is 0 Å². The number of rotatable bonds is 11. The van der Waals surface area contributed by atoms with Gasteiger partial charge >= 0.3 is 5.97 Å². The molecule has 1 atom stereocenters. The number of imidazole rings is 1. The van der Waals surface area contributed by atoms with Crippen molar-refractivity contribution in [3.8, 4) is 11.4 Å². The second-order valence-corrected chi connectivity index (χ2v) is 11.2. The van der Waals surface area contributed by atoms with Crippen LogP contribution in [0.5, 0.6) is 0 Å². The van der Waals surface area contributed by atoms with Crippen LogP contribution in [-0.4, -0.2) is 45.9 Å². The predicted molar refractivity (Wildman–Crippen MR) is 150 cm³/mol. The molecule has 0 amide bonds. The lowest BCUT2D eigenvalue weighted by Crippen LogP contribution is -2.39. The van der Waals surface area contributed by atoms with Crippen molar-refractivity contribution < 1.29 is 14.3 Å². The number of fused-ring (bicyclic) bond motifs is 1. The van der Waals surface area contributed by atoms with Crippen LogP contribution < -0.4 is 10.9 Å². The Morgan fingerprint density at radius 1 is 1.18 bits per heavy atom. The van der Waals surface area contributed by atoms with Crippen molar-refractivity contribution in [1.82, 2.24) is 19.9 Å². The van der Waals surface area contributed by atoms with Gasteiger partial charge in [-0.15, -0.1) is 0 Å². The zero-order chi connectivity index (χ0) is 27.2. The number of nitrogens with zero attached hydrogens (tertiary/aromatic N) is 2. The number of aromatic nitrogens is 3. The molecule has 0 aliphatic carbocycles. The Morgan fingerprint density at radius 3 is 2.63 bits per heavy atom. The largest absolute Gasteiger partial charge is 0.462 e. The van der Waals surface area contributed by atoms with Gasteiger partial charge in [0.25, 0.3) is 5.56 Å². The van der Waals surface area contributed by atoms with E-state index in [0.29, 0.717) is 23.9 Å². The van der Waals surface area contributed by atoms with E-state index in [1.165, 1.54) is 0 Å². The van der Waals surface area contributed by atoms with Gasteiger partial charge in [-0.3, -0.25) is 9.59 Å². The molecule has 1 fully saturated rings. The van der Waals surface area contributed by atoms with Crippen LogP contribution in [0.2, 0.25) is 0 Å². The van der Waals surface area contributed by atoms with Crippen LogP contribution in [0.4, 0.5) is 0 Å². The summed E-state index contributed by atoms with van der Waals surface area (Å²) in [6, 6.07) is 7.88. The van der Waals surface area contributed by atoms with E-state index in [2.05, 4.69) is 46.9 Å². The van der Waals surface area contributed by atoms with Crippen molar-refractivity contribution in [3.63, 3.8) is 0 Å². The monoisotopic (exact) mass is 522 g/mol. The number of carbonyl (C=O) groups is 1. The van der Waals surface area contributed by atoms with Gasteiger partial charge in [0.05, 0.1) is 17.1 Å². The topological polar surface area (TPSA) is 98.2 Å². The van der Waals surface area contributed by atoms with Gasteiger partial charge in [0.2, 0.25) is 0 Å². The van der Waals surface area contributed by atoms with Crippen molar-refractivity contribution in [3.05, 3.63) is 51.9 Å². The van der Waals surface area contributed by atoms with Crippen molar-refractivity contribution in [1.29, 1.82) is 0 Å². The number of hydrogen-bond donors (Lipinski definition) is 2. The van der Waals surface area contributed by atoms with E-state index >= 15 is 0 Å². The maximum atomic E-state index is 12.7. The fraction of sp³-hybridized carbons (Fsp3) is 0.567. The maximum absolute atomic E-state index is 12.7. The fourth-order valence-electron chi connectivity index (χ4n) is 4.96. The highest BCUT2D eigenvalue weighted by atomic mass is 16.5. The molecule has 0 saturated carbocycles. The third-order valence-electron chi connectivity index (χ3n) is 7.16. The summed E-state index contributed by atoms with van der Waals surface area (Å²) in [6.07, 6.45) is 5.34. The second kappa shape index (κ2) is 12.7. The van der Waals surface area contributed by atoms with Gasteiger partial charge in [0.1, 0.15) is 11.9 Å². The number of aromatic amines is 1. The van der Waals surface area contributed by atoms with Gasteiger partial charge < -0.3 is 24.3 Å². The molecule has 1 aliphatic rings. The minimum atomic E-state index is -0.346. The molecule has 2 aromatic heterocycles. The average Bonchev–Trinajstić information content (AvgIpc) is 3.23. The van der Waals surface area contributed by atoms with Gasteiger partial charge in [-0.05, 0) is 82.1 Å². The number of hydrogen-bond acceptors (Lipinski definition) is 6. The number of nitrogens with one attached hydrogen (secondary N) is 2. The molecule has 1 saturated heterocycles. The molecule has 1 aromatic carbocycles. The molecular weight excluding hydrogens is 480 g/mol. The molecule has 1 aliphatic heterocycles. The minimum absolute atomic E-state index is 0.0859. The molecule has 0 bridgehead atoms. The first-order chi connectivity index (χ1) is 18.2. The Kier molecular flexibility index (Phi) is 9.39. The quantitative estimate of drug-likeness (QED) is 0.345. The van der Waals surface area contributed by atoms with Gasteiger partial charge in [-0.25, -0.2) is 4.98 Å². The summed E-state index contributed by atoms with van der Waals surface area (Å²) in [7, 11) is 0. The first-order valence-corrected chi connectivity index (χ1v) is 13.9. The van der Waals surface area contributed by atoms with Crippen LogP contribution in [0.1, 0.15) is 64.5 Å². The van der Waals surface area contributed by atoms with Crippen molar-refractivity contribution in [2.24, 2.45) is 11.8 Å². The molecule has 3 aromatic rings. The van der Waals surface area contributed by atoms with Crippen molar-refractivity contribution >= 4 is 17.0 Å². The molecule has 206 valence electrons. The van der Waals surface area contributed by atoms with Crippen molar-refractivity contribution in [2.45, 2.75) is 85.5 Å². The van der Waals surface area contributed by atoms with Crippen LogP contribution in [-0.2, 0) is 27.4 Å². The van der Waals surface area contributed by atoms with Gasteiger partial charge in [-0.1, -0.05) is 19.9 Å². The Bertz CT molecular complexity index is 1290. The first kappa shape index (κ1) is 28.0. The van der Waals surface area contributed by atoms with E-state index in [1.807, 2.05) is 26.8 Å². The van der Waals surface area contributed by atoms with E-state index in [4.69, 9.17) is 14.5 Å². The summed E-state index contributed by atoms with van der Waals surface area (Å²) in [5.74, 6) is 1.68. The maximum Gasteiger partial charge on any atom is 0.323 e. The highest BCUT2D eigenvalue weighted by Crippen LogP contribution is 2.28. The van der Waals surface area contributed by atoms with E-state index in [0.717, 1.165) is 73.4 Å². The lowest BCUT2D eigenvalue weighted by molar-refractivity contribution is -0.150. The van der Waals surface area contributed by atoms with Gasteiger partial charge in [0, 0.05) is 43.6 Å². The minimum Gasteiger partial charge on any atom is -0.462 e. The lowest BCUT2D eigenvalue weighted by atomic mass is 10.00. The number of ether oxygens (including phenoxy) is 2. The Balaban J connectivity index is 1.61. The summed E-state index contributed by atoms with van der Waals surface area (Å²) < 4.78 is 13.4. The third-order valence-corrected chi connectivity index (χ3v) is 7.16. The number of H-pyrrole nitrogens is 1. The summed E-state index contributed by atoms with van der Waals surface area (Å²) in [5, 5.41) is 3.43. The highest BCUT2D eigenvalue weighted by molar-refractivity contribution is 5.81.